The van der Waals surface area contributed by atoms with Crippen LogP contribution in [0.5, 0.6) is 11.5 Å². The van der Waals surface area contributed by atoms with Gasteiger partial charge in [-0.1, -0.05) is 13.8 Å². The minimum absolute atomic E-state index is 0.712. The second kappa shape index (κ2) is 13.3. The van der Waals surface area contributed by atoms with E-state index in [4.69, 9.17) is 13.9 Å². The van der Waals surface area contributed by atoms with Crippen molar-refractivity contribution in [3.63, 3.8) is 0 Å². The molecule has 0 aliphatic heterocycles. The zero-order valence-electron chi connectivity index (χ0n) is 20.8. The lowest BCUT2D eigenvalue weighted by atomic mass is 10.1. The summed E-state index contributed by atoms with van der Waals surface area (Å²) in [7, 11) is 4.32. The summed E-state index contributed by atoms with van der Waals surface area (Å²) in [5.74, 6) is 2.61. The normalized spacial score (nSPS) is 11.6. The van der Waals surface area contributed by atoms with Crippen molar-refractivity contribution < 1.29 is 13.9 Å². The fourth-order valence-electron chi connectivity index (χ4n) is 3.99. The van der Waals surface area contributed by atoms with Crippen molar-refractivity contribution in [2.45, 2.75) is 39.5 Å². The standard InChI is InChI=1S/C28H40N2O3/c1-5-15-29(3)17-7-19-31-25-12-9-23(10-13-25)27-21-24-11-14-26(22-28(24)33-27)32-20-8-18-30(4)16-6-2/h9-14,21-22H,5-8,15-20H2,1-4H3. The van der Waals surface area contributed by atoms with E-state index in [1.54, 1.807) is 0 Å². The molecule has 0 saturated carbocycles. The van der Waals surface area contributed by atoms with Crippen molar-refractivity contribution in [1.29, 1.82) is 0 Å². The Balaban J connectivity index is 1.50. The van der Waals surface area contributed by atoms with E-state index in [-0.39, 0.29) is 0 Å². The highest BCUT2D eigenvalue weighted by Gasteiger charge is 2.08. The fourth-order valence-corrected chi connectivity index (χ4v) is 3.99. The van der Waals surface area contributed by atoms with Crippen molar-refractivity contribution in [3.05, 3.63) is 48.5 Å². The fraction of sp³-hybridized carbons (Fsp3) is 0.500. The van der Waals surface area contributed by atoms with Gasteiger partial charge < -0.3 is 23.7 Å². The average molecular weight is 453 g/mol. The SMILES string of the molecule is CCCN(C)CCCOc1ccc(-c2cc3ccc(OCCCN(C)CCC)cc3o2)cc1. The maximum absolute atomic E-state index is 6.12. The van der Waals surface area contributed by atoms with Gasteiger partial charge in [0.2, 0.25) is 0 Å². The second-order valence-corrected chi connectivity index (χ2v) is 8.85. The number of furan rings is 1. The molecule has 5 heteroatoms. The van der Waals surface area contributed by atoms with Crippen molar-refractivity contribution in [1.82, 2.24) is 9.80 Å². The number of benzene rings is 2. The number of hydrogen-bond acceptors (Lipinski definition) is 5. The summed E-state index contributed by atoms with van der Waals surface area (Å²) in [5, 5.41) is 1.08. The van der Waals surface area contributed by atoms with Crippen molar-refractivity contribution >= 4 is 11.0 Å². The molecule has 0 bridgehead atoms. The molecule has 3 aromatic rings. The van der Waals surface area contributed by atoms with Gasteiger partial charge in [0.1, 0.15) is 22.8 Å². The smallest absolute Gasteiger partial charge is 0.138 e. The third-order valence-corrected chi connectivity index (χ3v) is 5.75. The molecule has 5 nitrogen and oxygen atoms in total. The molecule has 3 rings (SSSR count). The van der Waals surface area contributed by atoms with Crippen molar-refractivity contribution in [2.24, 2.45) is 0 Å². The molecule has 0 saturated heterocycles. The Morgan fingerprint density at radius 2 is 1.27 bits per heavy atom. The molecule has 0 aliphatic rings. The predicted octanol–water partition coefficient (Wildman–Crippen LogP) is 6.32. The number of hydrogen-bond donors (Lipinski definition) is 0. The highest BCUT2D eigenvalue weighted by molar-refractivity contribution is 5.84. The highest BCUT2D eigenvalue weighted by Crippen LogP contribution is 2.31. The van der Waals surface area contributed by atoms with Gasteiger partial charge in [0, 0.05) is 30.1 Å². The molecule has 1 heterocycles. The van der Waals surface area contributed by atoms with Crippen LogP contribution < -0.4 is 9.47 Å². The molecule has 0 N–H and O–H groups in total. The number of nitrogens with zero attached hydrogens (tertiary/aromatic N) is 2. The molecule has 0 spiro atoms. The Morgan fingerprint density at radius 3 is 1.88 bits per heavy atom. The van der Waals surface area contributed by atoms with E-state index in [1.165, 1.54) is 12.8 Å². The molecule has 0 amide bonds. The third kappa shape index (κ3) is 8.09. The van der Waals surface area contributed by atoms with Gasteiger partial charge in [-0.05, 0) is 95.3 Å². The molecule has 1 aromatic heterocycles. The van der Waals surface area contributed by atoms with Gasteiger partial charge in [0.25, 0.3) is 0 Å². The van der Waals surface area contributed by atoms with E-state index in [0.717, 1.165) is 79.4 Å². The predicted molar refractivity (Wildman–Crippen MR) is 137 cm³/mol. The van der Waals surface area contributed by atoms with Gasteiger partial charge in [0.15, 0.2) is 0 Å². The molecule has 2 aromatic carbocycles. The van der Waals surface area contributed by atoms with Gasteiger partial charge in [-0.15, -0.1) is 0 Å². The molecule has 180 valence electrons. The largest absolute Gasteiger partial charge is 0.494 e. The first-order chi connectivity index (χ1) is 16.1. The first-order valence-electron chi connectivity index (χ1n) is 12.4. The van der Waals surface area contributed by atoms with Crippen LogP contribution in [0.4, 0.5) is 0 Å². The minimum Gasteiger partial charge on any atom is -0.494 e. The van der Waals surface area contributed by atoms with Crippen LogP contribution in [0.15, 0.2) is 52.9 Å². The Hall–Kier alpha value is -2.50. The summed E-state index contributed by atoms with van der Waals surface area (Å²) in [5.41, 5.74) is 1.89. The van der Waals surface area contributed by atoms with Crippen LogP contribution in [0.25, 0.3) is 22.3 Å². The second-order valence-electron chi connectivity index (χ2n) is 8.85. The van der Waals surface area contributed by atoms with Crippen molar-refractivity contribution in [2.75, 3.05) is 53.5 Å². The number of ether oxygens (including phenoxy) is 2. The van der Waals surface area contributed by atoms with Crippen LogP contribution in [0.1, 0.15) is 39.5 Å². The first-order valence-corrected chi connectivity index (χ1v) is 12.4. The van der Waals surface area contributed by atoms with E-state index >= 15 is 0 Å². The van der Waals surface area contributed by atoms with E-state index < -0.39 is 0 Å². The lowest BCUT2D eigenvalue weighted by Gasteiger charge is -2.15. The number of fused-ring (bicyclic) bond motifs is 1. The summed E-state index contributed by atoms with van der Waals surface area (Å²) < 4.78 is 18.0. The van der Waals surface area contributed by atoms with E-state index in [1.807, 2.05) is 24.3 Å². The lowest BCUT2D eigenvalue weighted by molar-refractivity contribution is 0.263. The zero-order chi connectivity index (χ0) is 23.5. The Kier molecular flexibility index (Phi) is 10.1. The monoisotopic (exact) mass is 452 g/mol. The van der Waals surface area contributed by atoms with Crippen LogP contribution in [-0.4, -0.2) is 63.3 Å². The van der Waals surface area contributed by atoms with E-state index in [9.17, 15) is 0 Å². The zero-order valence-corrected chi connectivity index (χ0v) is 20.8. The van der Waals surface area contributed by atoms with Crippen LogP contribution in [0, 0.1) is 0 Å². The summed E-state index contributed by atoms with van der Waals surface area (Å²) >= 11 is 0. The maximum Gasteiger partial charge on any atom is 0.138 e. The molecular formula is C28H40N2O3. The van der Waals surface area contributed by atoms with Crippen LogP contribution in [0.3, 0.4) is 0 Å². The van der Waals surface area contributed by atoms with E-state index in [2.05, 4.69) is 62.0 Å². The van der Waals surface area contributed by atoms with Gasteiger partial charge in [-0.3, -0.25) is 0 Å². The molecule has 0 fully saturated rings. The van der Waals surface area contributed by atoms with Gasteiger partial charge in [-0.25, -0.2) is 0 Å². The molecule has 33 heavy (non-hydrogen) atoms. The van der Waals surface area contributed by atoms with Gasteiger partial charge in [-0.2, -0.15) is 0 Å². The topological polar surface area (TPSA) is 38.1 Å². The average Bonchev–Trinajstić information content (AvgIpc) is 3.24. The van der Waals surface area contributed by atoms with Crippen LogP contribution >= 0.6 is 0 Å². The molecule has 0 atom stereocenters. The summed E-state index contributed by atoms with van der Waals surface area (Å²) in [4.78, 5) is 4.69. The van der Waals surface area contributed by atoms with Crippen LogP contribution in [-0.2, 0) is 0 Å². The molecule has 0 unspecified atom stereocenters. The quantitative estimate of drug-likeness (QED) is 0.252. The summed E-state index contributed by atoms with van der Waals surface area (Å²) in [6.07, 6.45) is 4.41. The summed E-state index contributed by atoms with van der Waals surface area (Å²) in [6.45, 7) is 10.2. The van der Waals surface area contributed by atoms with Gasteiger partial charge in [0.05, 0.1) is 13.2 Å². The molecular weight excluding hydrogens is 412 g/mol. The molecule has 0 aliphatic carbocycles. The minimum atomic E-state index is 0.712. The lowest BCUT2D eigenvalue weighted by Crippen LogP contribution is -2.21. The van der Waals surface area contributed by atoms with Crippen LogP contribution in [0.2, 0.25) is 0 Å². The number of rotatable bonds is 15. The Labute approximate surface area is 199 Å². The maximum atomic E-state index is 6.12. The molecule has 0 radical (unpaired) electrons. The Morgan fingerprint density at radius 1 is 0.697 bits per heavy atom. The first kappa shape index (κ1) is 25.1. The Bertz CT molecular complexity index is 951. The highest BCUT2D eigenvalue weighted by atomic mass is 16.5. The third-order valence-electron chi connectivity index (χ3n) is 5.75. The van der Waals surface area contributed by atoms with Gasteiger partial charge >= 0.3 is 0 Å². The van der Waals surface area contributed by atoms with Crippen molar-refractivity contribution in [3.8, 4) is 22.8 Å². The summed E-state index contributed by atoms with van der Waals surface area (Å²) in [6, 6.07) is 16.3. The van der Waals surface area contributed by atoms with E-state index in [0.29, 0.717) is 6.61 Å².